The molecule has 1 aliphatic carbocycles. The third-order valence-corrected chi connectivity index (χ3v) is 5.00. The molecule has 0 spiro atoms. The Balaban J connectivity index is 1.66. The highest BCUT2D eigenvalue weighted by atomic mass is 19.1. The lowest BCUT2D eigenvalue weighted by Gasteiger charge is -2.07. The van der Waals surface area contributed by atoms with Crippen molar-refractivity contribution < 1.29 is 23.4 Å². The van der Waals surface area contributed by atoms with Crippen LogP contribution in [0.5, 0.6) is 11.5 Å². The van der Waals surface area contributed by atoms with Crippen molar-refractivity contribution in [3.8, 4) is 11.5 Å². The van der Waals surface area contributed by atoms with Crippen molar-refractivity contribution in [3.05, 3.63) is 113 Å². The highest BCUT2D eigenvalue weighted by Gasteiger charge is 2.22. The van der Waals surface area contributed by atoms with Crippen LogP contribution >= 0.6 is 0 Å². The van der Waals surface area contributed by atoms with Gasteiger partial charge in [-0.05, 0) is 101 Å². The molecule has 0 aromatic heterocycles. The lowest BCUT2D eigenvalue weighted by Crippen LogP contribution is -1.88. The Hall–Kier alpha value is -3.99. The van der Waals surface area contributed by atoms with Crippen molar-refractivity contribution in [2.75, 3.05) is 0 Å². The van der Waals surface area contributed by atoms with Crippen LogP contribution in [0.2, 0.25) is 0 Å². The van der Waals surface area contributed by atoms with Gasteiger partial charge in [0.2, 0.25) is 0 Å². The molecule has 0 atom stereocenters. The maximum atomic E-state index is 13.8. The Labute approximate surface area is 178 Å². The zero-order valence-electron chi connectivity index (χ0n) is 16.6. The number of aliphatic carboxylic acids is 1. The van der Waals surface area contributed by atoms with E-state index in [1.54, 1.807) is 30.3 Å². The summed E-state index contributed by atoms with van der Waals surface area (Å²) < 4.78 is 32.6. The van der Waals surface area contributed by atoms with Crippen molar-refractivity contribution in [2.24, 2.45) is 0 Å². The van der Waals surface area contributed by atoms with Gasteiger partial charge in [-0.3, -0.25) is 0 Å². The molecule has 0 saturated carbocycles. The van der Waals surface area contributed by atoms with Crippen LogP contribution in [0, 0.1) is 11.6 Å². The summed E-state index contributed by atoms with van der Waals surface area (Å²) in [7, 11) is 0. The second-order valence-electron chi connectivity index (χ2n) is 7.08. The topological polar surface area (TPSA) is 46.5 Å². The molecule has 3 nitrogen and oxygen atoms in total. The second kappa shape index (κ2) is 8.40. The smallest absolute Gasteiger partial charge is 0.328 e. The number of benzene rings is 3. The summed E-state index contributed by atoms with van der Waals surface area (Å²) in [5.74, 6) is -0.622. The van der Waals surface area contributed by atoms with Crippen molar-refractivity contribution >= 4 is 23.2 Å². The van der Waals surface area contributed by atoms with Gasteiger partial charge in [0.05, 0.1) is 0 Å². The molecule has 3 aromatic rings. The van der Waals surface area contributed by atoms with E-state index in [0.717, 1.165) is 28.3 Å². The summed E-state index contributed by atoms with van der Waals surface area (Å²) in [6, 6.07) is 17.7. The van der Waals surface area contributed by atoms with Crippen molar-refractivity contribution in [2.45, 2.75) is 6.92 Å². The van der Waals surface area contributed by atoms with Crippen molar-refractivity contribution in [3.63, 3.8) is 0 Å². The first-order valence-electron chi connectivity index (χ1n) is 9.58. The van der Waals surface area contributed by atoms with E-state index in [2.05, 4.69) is 0 Å². The molecule has 31 heavy (non-hydrogen) atoms. The van der Waals surface area contributed by atoms with Crippen LogP contribution in [0.25, 0.3) is 17.2 Å². The monoisotopic (exact) mass is 416 g/mol. The summed E-state index contributed by atoms with van der Waals surface area (Å²) in [5.41, 5.74) is 4.85. The Morgan fingerprint density at radius 1 is 0.871 bits per heavy atom. The minimum Gasteiger partial charge on any atom is -0.478 e. The highest BCUT2D eigenvalue weighted by Crippen LogP contribution is 2.43. The number of hydrogen-bond donors (Lipinski definition) is 1. The van der Waals surface area contributed by atoms with Crippen LogP contribution in [-0.2, 0) is 4.79 Å². The SMILES string of the molecule is CC1=C(C=CC(=O)O)c2cc(F)ccc2C1=Cc1ccc(Oc2ccc(F)cc2)cc1. The average Bonchev–Trinajstić information content (AvgIpc) is 2.99. The first-order chi connectivity index (χ1) is 14.9. The van der Waals surface area contributed by atoms with Gasteiger partial charge in [0.1, 0.15) is 23.1 Å². The van der Waals surface area contributed by atoms with Crippen LogP contribution in [0.3, 0.4) is 0 Å². The van der Waals surface area contributed by atoms with Gasteiger partial charge in [0.25, 0.3) is 0 Å². The molecule has 5 heteroatoms. The lowest BCUT2D eigenvalue weighted by atomic mass is 10.0. The fraction of sp³-hybridized carbons (Fsp3) is 0.0385. The summed E-state index contributed by atoms with van der Waals surface area (Å²) in [5, 5.41) is 8.98. The van der Waals surface area contributed by atoms with Gasteiger partial charge in [0, 0.05) is 6.08 Å². The number of rotatable bonds is 5. The Morgan fingerprint density at radius 2 is 1.48 bits per heavy atom. The molecule has 0 unspecified atom stereocenters. The van der Waals surface area contributed by atoms with Crippen LogP contribution in [0.4, 0.5) is 8.78 Å². The third-order valence-electron chi connectivity index (χ3n) is 5.00. The zero-order valence-corrected chi connectivity index (χ0v) is 16.6. The fourth-order valence-electron chi connectivity index (χ4n) is 3.52. The number of carboxylic acids is 1. The molecule has 154 valence electrons. The molecule has 0 aliphatic heterocycles. The molecule has 4 rings (SSSR count). The van der Waals surface area contributed by atoms with Crippen LogP contribution < -0.4 is 4.74 Å². The summed E-state index contributed by atoms with van der Waals surface area (Å²) >= 11 is 0. The maximum absolute atomic E-state index is 13.8. The third kappa shape index (κ3) is 4.46. The molecule has 0 radical (unpaired) electrons. The Kier molecular flexibility index (Phi) is 5.50. The van der Waals surface area contributed by atoms with Gasteiger partial charge in [0.15, 0.2) is 0 Å². The lowest BCUT2D eigenvalue weighted by molar-refractivity contribution is -0.131. The van der Waals surface area contributed by atoms with E-state index in [0.29, 0.717) is 22.6 Å². The van der Waals surface area contributed by atoms with E-state index in [9.17, 15) is 13.6 Å². The van der Waals surface area contributed by atoms with E-state index >= 15 is 0 Å². The Bertz CT molecular complexity index is 1230. The zero-order chi connectivity index (χ0) is 22.0. The van der Waals surface area contributed by atoms with Gasteiger partial charge in [-0.1, -0.05) is 18.2 Å². The van der Waals surface area contributed by atoms with Crippen molar-refractivity contribution in [1.29, 1.82) is 0 Å². The largest absolute Gasteiger partial charge is 0.478 e. The molecule has 0 saturated heterocycles. The molecular formula is C26H18F2O3. The van der Waals surface area contributed by atoms with Gasteiger partial charge in [-0.2, -0.15) is 0 Å². The van der Waals surface area contributed by atoms with Gasteiger partial charge < -0.3 is 9.84 Å². The number of carboxylic acid groups (broad SMARTS) is 1. The predicted molar refractivity (Wildman–Crippen MR) is 117 cm³/mol. The summed E-state index contributed by atoms with van der Waals surface area (Å²) in [6.45, 7) is 1.89. The number of allylic oxidation sites excluding steroid dienone is 4. The molecule has 0 fully saturated rings. The van der Waals surface area contributed by atoms with Gasteiger partial charge >= 0.3 is 5.97 Å². The summed E-state index contributed by atoms with van der Waals surface area (Å²) in [6.07, 6.45) is 4.52. The molecule has 0 bridgehead atoms. The molecule has 0 amide bonds. The van der Waals surface area contributed by atoms with Crippen molar-refractivity contribution in [1.82, 2.24) is 0 Å². The van der Waals surface area contributed by atoms with E-state index in [4.69, 9.17) is 9.84 Å². The number of ether oxygens (including phenoxy) is 1. The van der Waals surface area contributed by atoms with E-state index in [1.807, 2.05) is 25.1 Å². The fourth-order valence-corrected chi connectivity index (χ4v) is 3.52. The minimum atomic E-state index is -1.06. The number of fused-ring (bicyclic) bond motifs is 1. The summed E-state index contributed by atoms with van der Waals surface area (Å²) in [4.78, 5) is 11.0. The van der Waals surface area contributed by atoms with E-state index < -0.39 is 5.97 Å². The highest BCUT2D eigenvalue weighted by molar-refractivity contribution is 6.08. The van der Waals surface area contributed by atoms with Gasteiger partial charge in [-0.15, -0.1) is 0 Å². The number of halogens is 2. The van der Waals surface area contributed by atoms with E-state index in [-0.39, 0.29) is 11.6 Å². The molecule has 1 N–H and O–H groups in total. The first kappa shape index (κ1) is 20.3. The second-order valence-corrected chi connectivity index (χ2v) is 7.08. The average molecular weight is 416 g/mol. The van der Waals surface area contributed by atoms with E-state index in [1.165, 1.54) is 30.3 Å². The molecule has 1 aliphatic rings. The Morgan fingerprint density at radius 3 is 2.13 bits per heavy atom. The minimum absolute atomic E-state index is 0.327. The van der Waals surface area contributed by atoms with Crippen LogP contribution in [0.1, 0.15) is 23.6 Å². The number of carbonyl (C=O) groups is 1. The molecule has 0 heterocycles. The molecular weight excluding hydrogens is 398 g/mol. The quantitative estimate of drug-likeness (QED) is 0.469. The first-order valence-corrected chi connectivity index (χ1v) is 9.58. The molecule has 3 aromatic carbocycles. The van der Waals surface area contributed by atoms with Crippen LogP contribution in [0.15, 0.2) is 84.5 Å². The standard InChI is InChI=1S/C26H18F2O3/c1-16-22(12-13-26(29)30)25-15-19(28)6-11-23(25)24(16)14-17-2-7-20(8-3-17)31-21-9-4-18(27)5-10-21/h2-15H,1H3,(H,29,30). The number of hydrogen-bond acceptors (Lipinski definition) is 2. The predicted octanol–water partition coefficient (Wildman–Crippen LogP) is 6.73. The van der Waals surface area contributed by atoms with Crippen LogP contribution in [-0.4, -0.2) is 11.1 Å². The normalized spacial score (nSPS) is 14.4. The maximum Gasteiger partial charge on any atom is 0.328 e. The van der Waals surface area contributed by atoms with Gasteiger partial charge in [-0.25, -0.2) is 13.6 Å².